The van der Waals surface area contributed by atoms with Crippen LogP contribution in [0.1, 0.15) is 11.1 Å². The van der Waals surface area contributed by atoms with Gasteiger partial charge in [-0.05, 0) is 63.5 Å². The number of rotatable bonds is 7. The Hall–Kier alpha value is -3.19. The van der Waals surface area contributed by atoms with Crippen LogP contribution in [-0.4, -0.2) is 18.2 Å². The van der Waals surface area contributed by atoms with Gasteiger partial charge in [0.2, 0.25) is 0 Å². The van der Waals surface area contributed by atoms with E-state index in [1.165, 1.54) is 12.1 Å². The molecule has 0 saturated carbocycles. The minimum atomic E-state index is -0.431. The maximum Gasteiger partial charge on any atom is 0.269 e. The number of hydrogen-bond donors (Lipinski definition) is 0. The van der Waals surface area contributed by atoms with Gasteiger partial charge in [-0.3, -0.25) is 15.1 Å². The molecule has 0 aliphatic carbocycles. The summed E-state index contributed by atoms with van der Waals surface area (Å²) in [5.74, 6) is 1.11. The van der Waals surface area contributed by atoms with Crippen LogP contribution in [0.5, 0.6) is 11.5 Å². The van der Waals surface area contributed by atoms with Gasteiger partial charge in [0.1, 0.15) is 6.61 Å². The Balaban J connectivity index is 1.76. The molecule has 0 aliphatic heterocycles. The van der Waals surface area contributed by atoms with Crippen molar-refractivity contribution in [2.24, 2.45) is 4.99 Å². The van der Waals surface area contributed by atoms with E-state index >= 15 is 0 Å². The normalized spacial score (nSPS) is 10.8. The molecular formula is C21H17BrN2O4. The summed E-state index contributed by atoms with van der Waals surface area (Å²) >= 11 is 3.51. The van der Waals surface area contributed by atoms with Crippen LogP contribution >= 0.6 is 15.9 Å². The lowest BCUT2D eigenvalue weighted by molar-refractivity contribution is -0.384. The Morgan fingerprint density at radius 3 is 2.46 bits per heavy atom. The molecule has 0 aromatic heterocycles. The summed E-state index contributed by atoms with van der Waals surface area (Å²) in [6.45, 7) is 0.254. The first-order chi connectivity index (χ1) is 13.6. The SMILES string of the molecule is COc1cc(C=Nc2ccccc2)cc(Br)c1OCc1ccc([N+](=O)[O-])cc1. The number of nitrogens with zero attached hydrogens (tertiary/aromatic N) is 2. The second kappa shape index (κ2) is 9.14. The third kappa shape index (κ3) is 4.95. The summed E-state index contributed by atoms with van der Waals surface area (Å²) in [4.78, 5) is 14.7. The average molecular weight is 441 g/mol. The molecule has 3 aromatic carbocycles. The molecule has 0 N–H and O–H groups in total. The zero-order valence-corrected chi connectivity index (χ0v) is 16.6. The van der Waals surface area contributed by atoms with Crippen LogP contribution in [0.15, 0.2) is 76.2 Å². The molecule has 0 spiro atoms. The summed E-state index contributed by atoms with van der Waals surface area (Å²) in [5, 5.41) is 10.7. The maximum atomic E-state index is 10.7. The van der Waals surface area contributed by atoms with Gasteiger partial charge in [-0.15, -0.1) is 0 Å². The highest BCUT2D eigenvalue weighted by atomic mass is 79.9. The fourth-order valence-corrected chi connectivity index (χ4v) is 3.06. The van der Waals surface area contributed by atoms with E-state index in [-0.39, 0.29) is 12.3 Å². The Morgan fingerprint density at radius 2 is 1.82 bits per heavy atom. The van der Waals surface area contributed by atoms with Crippen molar-refractivity contribution in [2.75, 3.05) is 7.11 Å². The van der Waals surface area contributed by atoms with Crippen molar-refractivity contribution >= 4 is 33.5 Å². The molecular weight excluding hydrogens is 424 g/mol. The average Bonchev–Trinajstić information content (AvgIpc) is 2.72. The second-order valence-electron chi connectivity index (χ2n) is 5.84. The van der Waals surface area contributed by atoms with Gasteiger partial charge in [0.25, 0.3) is 5.69 Å². The van der Waals surface area contributed by atoms with E-state index in [9.17, 15) is 10.1 Å². The van der Waals surface area contributed by atoms with E-state index in [0.29, 0.717) is 11.5 Å². The second-order valence-corrected chi connectivity index (χ2v) is 6.69. The zero-order chi connectivity index (χ0) is 19.9. The first kappa shape index (κ1) is 19.6. The first-order valence-electron chi connectivity index (χ1n) is 8.39. The van der Waals surface area contributed by atoms with Crippen LogP contribution in [0, 0.1) is 10.1 Å². The van der Waals surface area contributed by atoms with E-state index in [0.717, 1.165) is 21.3 Å². The van der Waals surface area contributed by atoms with Crippen molar-refractivity contribution in [1.82, 2.24) is 0 Å². The van der Waals surface area contributed by atoms with Crippen LogP contribution < -0.4 is 9.47 Å². The van der Waals surface area contributed by atoms with Gasteiger partial charge in [-0.25, -0.2) is 0 Å². The van der Waals surface area contributed by atoms with E-state index in [2.05, 4.69) is 20.9 Å². The van der Waals surface area contributed by atoms with Crippen molar-refractivity contribution in [2.45, 2.75) is 6.61 Å². The minimum absolute atomic E-state index is 0.0459. The molecule has 3 aromatic rings. The molecule has 7 heteroatoms. The van der Waals surface area contributed by atoms with Gasteiger partial charge in [-0.2, -0.15) is 0 Å². The summed E-state index contributed by atoms with van der Waals surface area (Å²) in [6, 6.07) is 19.6. The highest BCUT2D eigenvalue weighted by Gasteiger charge is 2.12. The molecule has 142 valence electrons. The van der Waals surface area contributed by atoms with E-state index in [1.807, 2.05) is 42.5 Å². The number of hydrogen-bond acceptors (Lipinski definition) is 5. The highest BCUT2D eigenvalue weighted by Crippen LogP contribution is 2.37. The standard InChI is InChI=1S/C21H17BrN2O4/c1-27-20-12-16(13-23-17-5-3-2-4-6-17)11-19(22)21(20)28-14-15-7-9-18(10-8-15)24(25)26/h2-13H,14H2,1H3. The van der Waals surface area contributed by atoms with Gasteiger partial charge in [-0.1, -0.05) is 18.2 Å². The molecule has 0 aliphatic rings. The zero-order valence-electron chi connectivity index (χ0n) is 15.0. The van der Waals surface area contributed by atoms with E-state index in [1.54, 1.807) is 25.5 Å². The largest absolute Gasteiger partial charge is 0.493 e. The topological polar surface area (TPSA) is 74.0 Å². The minimum Gasteiger partial charge on any atom is -0.493 e. The maximum absolute atomic E-state index is 10.7. The summed E-state index contributed by atoms with van der Waals surface area (Å²) < 4.78 is 12.1. The Labute approximate surface area is 170 Å². The Kier molecular flexibility index (Phi) is 6.39. The van der Waals surface area contributed by atoms with Gasteiger partial charge in [0.15, 0.2) is 11.5 Å². The smallest absolute Gasteiger partial charge is 0.269 e. The van der Waals surface area contributed by atoms with Gasteiger partial charge < -0.3 is 9.47 Å². The van der Waals surface area contributed by atoms with Crippen molar-refractivity contribution in [3.05, 3.63) is 92.4 Å². The predicted octanol–water partition coefficient (Wildman–Crippen LogP) is 5.70. The van der Waals surface area contributed by atoms with Crippen LogP contribution in [0.25, 0.3) is 0 Å². The van der Waals surface area contributed by atoms with Gasteiger partial charge >= 0.3 is 0 Å². The number of para-hydroxylation sites is 1. The van der Waals surface area contributed by atoms with Crippen LogP contribution in [0.4, 0.5) is 11.4 Å². The van der Waals surface area contributed by atoms with Crippen molar-refractivity contribution in [3.63, 3.8) is 0 Å². The third-order valence-electron chi connectivity index (χ3n) is 3.90. The molecule has 0 saturated heterocycles. The number of aliphatic imine (C=N–C) groups is 1. The third-order valence-corrected chi connectivity index (χ3v) is 4.49. The summed E-state index contributed by atoms with van der Waals surface area (Å²) in [5.41, 5.74) is 2.57. The Morgan fingerprint density at radius 1 is 1.11 bits per heavy atom. The molecule has 28 heavy (non-hydrogen) atoms. The number of nitro groups is 1. The molecule has 0 atom stereocenters. The van der Waals surface area contributed by atoms with Crippen LogP contribution in [0.2, 0.25) is 0 Å². The molecule has 0 unspecified atom stereocenters. The van der Waals surface area contributed by atoms with Gasteiger partial charge in [0, 0.05) is 18.3 Å². The van der Waals surface area contributed by atoms with E-state index < -0.39 is 4.92 Å². The number of methoxy groups -OCH3 is 1. The van der Waals surface area contributed by atoms with Crippen LogP contribution in [-0.2, 0) is 6.61 Å². The molecule has 0 heterocycles. The number of nitro benzene ring substituents is 1. The molecule has 3 rings (SSSR count). The molecule has 0 amide bonds. The Bertz CT molecular complexity index is 989. The molecule has 0 fully saturated rings. The summed E-state index contributed by atoms with van der Waals surface area (Å²) in [7, 11) is 1.57. The lowest BCUT2D eigenvalue weighted by Gasteiger charge is -2.13. The van der Waals surface area contributed by atoms with Crippen LogP contribution in [0.3, 0.4) is 0 Å². The number of halogens is 1. The molecule has 0 bridgehead atoms. The molecule has 6 nitrogen and oxygen atoms in total. The van der Waals surface area contributed by atoms with Crippen molar-refractivity contribution in [1.29, 1.82) is 0 Å². The number of ether oxygens (including phenoxy) is 2. The van der Waals surface area contributed by atoms with Crippen molar-refractivity contribution < 1.29 is 14.4 Å². The monoisotopic (exact) mass is 440 g/mol. The van der Waals surface area contributed by atoms with Crippen molar-refractivity contribution in [3.8, 4) is 11.5 Å². The fourth-order valence-electron chi connectivity index (χ4n) is 2.49. The number of benzene rings is 3. The fraction of sp³-hybridized carbons (Fsp3) is 0.0952. The lowest BCUT2D eigenvalue weighted by Crippen LogP contribution is -2.00. The van der Waals surface area contributed by atoms with E-state index in [4.69, 9.17) is 9.47 Å². The number of non-ortho nitro benzene ring substituents is 1. The molecule has 0 radical (unpaired) electrons. The lowest BCUT2D eigenvalue weighted by atomic mass is 10.2. The summed E-state index contributed by atoms with van der Waals surface area (Å²) in [6.07, 6.45) is 1.75. The predicted molar refractivity (Wildman–Crippen MR) is 112 cm³/mol. The van der Waals surface area contributed by atoms with Gasteiger partial charge in [0.05, 0.1) is 22.2 Å². The first-order valence-corrected chi connectivity index (χ1v) is 9.19. The highest BCUT2D eigenvalue weighted by molar-refractivity contribution is 9.10. The quantitative estimate of drug-likeness (QED) is 0.268.